The predicted molar refractivity (Wildman–Crippen MR) is 56.6 cm³/mol. The third kappa shape index (κ3) is 3.13. The first-order valence-electron chi connectivity index (χ1n) is 5.51. The third-order valence-corrected chi connectivity index (χ3v) is 2.66. The average Bonchev–Trinajstić information content (AvgIpc) is 2.22. The predicted octanol–water partition coefficient (Wildman–Crippen LogP) is -1.97. The first-order chi connectivity index (χ1) is 7.47. The molecule has 1 rings (SSSR count). The van der Waals surface area contributed by atoms with Crippen molar-refractivity contribution in [1.29, 1.82) is 0 Å². The number of ether oxygens (including phenoxy) is 1. The average molecular weight is 235 g/mol. The third-order valence-electron chi connectivity index (χ3n) is 2.66. The summed E-state index contributed by atoms with van der Waals surface area (Å²) in [6, 6.07) is -0.736. The van der Waals surface area contributed by atoms with Crippen LogP contribution in [0.1, 0.15) is 13.8 Å². The van der Waals surface area contributed by atoms with E-state index in [1.165, 1.54) is 0 Å². The molecule has 1 aliphatic rings. The van der Waals surface area contributed by atoms with Crippen molar-refractivity contribution < 1.29 is 25.2 Å². The number of hydrogen-bond donors (Lipinski definition) is 5. The van der Waals surface area contributed by atoms with Crippen molar-refractivity contribution in [3.05, 3.63) is 0 Å². The summed E-state index contributed by atoms with van der Waals surface area (Å²) in [5.74, 6) is 0.354. The molecule has 0 aromatic rings. The second-order valence-electron chi connectivity index (χ2n) is 4.56. The summed E-state index contributed by atoms with van der Waals surface area (Å²) in [5.41, 5.74) is 0. The van der Waals surface area contributed by atoms with E-state index in [9.17, 15) is 15.3 Å². The molecule has 1 unspecified atom stereocenters. The number of nitrogens with one attached hydrogen (secondary N) is 1. The van der Waals surface area contributed by atoms with Gasteiger partial charge in [0.2, 0.25) is 0 Å². The minimum Gasteiger partial charge on any atom is -0.394 e. The van der Waals surface area contributed by atoms with Crippen molar-refractivity contribution in [2.24, 2.45) is 5.92 Å². The Balaban J connectivity index is 2.57. The monoisotopic (exact) mass is 235 g/mol. The van der Waals surface area contributed by atoms with Gasteiger partial charge in [0.15, 0.2) is 6.29 Å². The fourth-order valence-electron chi connectivity index (χ4n) is 1.69. The van der Waals surface area contributed by atoms with E-state index in [2.05, 4.69) is 5.32 Å². The van der Waals surface area contributed by atoms with Crippen LogP contribution in [0.5, 0.6) is 0 Å². The minimum absolute atomic E-state index is 0.354. The van der Waals surface area contributed by atoms with Crippen LogP contribution in [0.2, 0.25) is 0 Å². The lowest BCUT2D eigenvalue weighted by molar-refractivity contribution is -0.254. The molecule has 0 saturated carbocycles. The first kappa shape index (κ1) is 13.8. The molecule has 0 amide bonds. The van der Waals surface area contributed by atoms with Crippen LogP contribution in [0.25, 0.3) is 0 Å². The summed E-state index contributed by atoms with van der Waals surface area (Å²) >= 11 is 0. The molecule has 0 aliphatic carbocycles. The summed E-state index contributed by atoms with van der Waals surface area (Å²) < 4.78 is 5.00. The van der Waals surface area contributed by atoms with Gasteiger partial charge in [-0.05, 0) is 12.5 Å². The molecule has 0 aromatic heterocycles. The van der Waals surface area contributed by atoms with Gasteiger partial charge in [0.1, 0.15) is 18.3 Å². The van der Waals surface area contributed by atoms with Crippen molar-refractivity contribution >= 4 is 0 Å². The van der Waals surface area contributed by atoms with E-state index in [-0.39, 0.29) is 0 Å². The van der Waals surface area contributed by atoms with Crippen molar-refractivity contribution in [3.63, 3.8) is 0 Å². The van der Waals surface area contributed by atoms with Gasteiger partial charge in [-0.1, -0.05) is 13.8 Å². The fourth-order valence-corrected chi connectivity index (χ4v) is 1.69. The van der Waals surface area contributed by atoms with E-state index < -0.39 is 37.3 Å². The second kappa shape index (κ2) is 5.90. The molecule has 1 aliphatic heterocycles. The topological polar surface area (TPSA) is 102 Å². The molecular formula is C10H21NO5. The van der Waals surface area contributed by atoms with Crippen LogP contribution in [-0.2, 0) is 4.74 Å². The number of aliphatic hydroxyl groups excluding tert-OH is 4. The zero-order valence-electron chi connectivity index (χ0n) is 9.58. The van der Waals surface area contributed by atoms with Gasteiger partial charge in [0, 0.05) is 0 Å². The normalized spacial score (nSPS) is 40.3. The van der Waals surface area contributed by atoms with E-state index in [0.717, 1.165) is 0 Å². The largest absolute Gasteiger partial charge is 0.394 e. The highest BCUT2D eigenvalue weighted by Crippen LogP contribution is 2.19. The number of hydrogen-bond acceptors (Lipinski definition) is 6. The highest BCUT2D eigenvalue weighted by Gasteiger charge is 2.43. The molecule has 0 spiro atoms. The summed E-state index contributed by atoms with van der Waals surface area (Å²) in [5, 5.41) is 40.8. The Morgan fingerprint density at radius 3 is 2.31 bits per heavy atom. The molecule has 5 atom stereocenters. The zero-order chi connectivity index (χ0) is 12.3. The molecule has 1 heterocycles. The molecule has 6 nitrogen and oxygen atoms in total. The van der Waals surface area contributed by atoms with Crippen molar-refractivity contribution in [1.82, 2.24) is 5.32 Å². The minimum atomic E-state index is -1.23. The van der Waals surface area contributed by atoms with Gasteiger partial charge in [-0.15, -0.1) is 0 Å². The zero-order valence-corrected chi connectivity index (χ0v) is 9.58. The lowest BCUT2D eigenvalue weighted by Gasteiger charge is -2.40. The quantitative estimate of drug-likeness (QED) is 0.387. The number of aliphatic hydroxyl groups is 4. The SMILES string of the molecule is CC(C)CN[C@H]1C(O)O[C@H](CO)[C@@H](O)[C@@H]1O. The Morgan fingerprint density at radius 2 is 1.81 bits per heavy atom. The highest BCUT2D eigenvalue weighted by atomic mass is 16.6. The van der Waals surface area contributed by atoms with E-state index >= 15 is 0 Å². The maximum atomic E-state index is 9.76. The van der Waals surface area contributed by atoms with Crippen molar-refractivity contribution in [2.75, 3.05) is 13.2 Å². The van der Waals surface area contributed by atoms with Gasteiger partial charge in [0.05, 0.1) is 12.6 Å². The molecule has 6 heteroatoms. The summed E-state index contributed by atoms with van der Waals surface area (Å²) in [6.07, 6.45) is -4.52. The van der Waals surface area contributed by atoms with Crippen LogP contribution < -0.4 is 5.32 Å². The molecule has 96 valence electrons. The van der Waals surface area contributed by atoms with E-state index in [1.807, 2.05) is 13.8 Å². The van der Waals surface area contributed by atoms with E-state index in [4.69, 9.17) is 9.84 Å². The lowest BCUT2D eigenvalue weighted by atomic mass is 9.97. The standard InChI is InChI=1S/C10H21NO5/c1-5(2)3-11-7-9(14)8(13)6(4-12)16-10(7)15/h5-15H,3-4H2,1-2H3/t6-,7-,8-,9-,10?/m1/s1. The molecule has 0 bridgehead atoms. The van der Waals surface area contributed by atoms with E-state index in [0.29, 0.717) is 12.5 Å². The molecular weight excluding hydrogens is 214 g/mol. The Hall–Kier alpha value is -0.240. The smallest absolute Gasteiger partial charge is 0.173 e. The van der Waals surface area contributed by atoms with Crippen molar-refractivity contribution in [2.45, 2.75) is 44.5 Å². The molecule has 16 heavy (non-hydrogen) atoms. The van der Waals surface area contributed by atoms with Gasteiger partial charge < -0.3 is 30.5 Å². The second-order valence-corrected chi connectivity index (χ2v) is 4.56. The molecule has 1 fully saturated rings. The van der Waals surface area contributed by atoms with Crippen LogP contribution in [0, 0.1) is 5.92 Å². The van der Waals surface area contributed by atoms with Crippen LogP contribution in [0.4, 0.5) is 0 Å². The first-order valence-corrected chi connectivity index (χ1v) is 5.51. The van der Waals surface area contributed by atoms with Crippen LogP contribution in [0.3, 0.4) is 0 Å². The van der Waals surface area contributed by atoms with Gasteiger partial charge in [-0.2, -0.15) is 0 Å². The fraction of sp³-hybridized carbons (Fsp3) is 1.00. The maximum Gasteiger partial charge on any atom is 0.173 e. The Labute approximate surface area is 94.9 Å². The van der Waals surface area contributed by atoms with Crippen molar-refractivity contribution in [3.8, 4) is 0 Å². The van der Waals surface area contributed by atoms with Crippen LogP contribution >= 0.6 is 0 Å². The molecule has 0 aromatic carbocycles. The summed E-state index contributed by atoms with van der Waals surface area (Å²) in [4.78, 5) is 0. The lowest BCUT2D eigenvalue weighted by Crippen LogP contribution is -2.63. The summed E-state index contributed by atoms with van der Waals surface area (Å²) in [7, 11) is 0. The summed E-state index contributed by atoms with van der Waals surface area (Å²) in [6.45, 7) is 4.13. The molecule has 1 saturated heterocycles. The van der Waals surface area contributed by atoms with Gasteiger partial charge >= 0.3 is 0 Å². The number of rotatable bonds is 4. The van der Waals surface area contributed by atoms with Gasteiger partial charge in [-0.25, -0.2) is 0 Å². The van der Waals surface area contributed by atoms with Gasteiger partial charge in [0.25, 0.3) is 0 Å². The Morgan fingerprint density at radius 1 is 1.19 bits per heavy atom. The molecule has 5 N–H and O–H groups in total. The van der Waals surface area contributed by atoms with E-state index in [1.54, 1.807) is 0 Å². The Kier molecular flexibility index (Phi) is 5.10. The van der Waals surface area contributed by atoms with Crippen LogP contribution in [-0.4, -0.2) is 64.2 Å². The molecule has 0 radical (unpaired) electrons. The Bertz CT molecular complexity index is 213. The van der Waals surface area contributed by atoms with Crippen LogP contribution in [0.15, 0.2) is 0 Å². The highest BCUT2D eigenvalue weighted by molar-refractivity contribution is 4.92. The maximum absolute atomic E-state index is 9.76. The van der Waals surface area contributed by atoms with Gasteiger partial charge in [-0.3, -0.25) is 0 Å².